The van der Waals surface area contributed by atoms with Crippen LogP contribution in [0.15, 0.2) is 42.5 Å². The third kappa shape index (κ3) is 3.27. The van der Waals surface area contributed by atoms with E-state index in [1.165, 1.54) is 24.3 Å². The number of benzene rings is 2. The molecule has 0 radical (unpaired) electrons. The molecule has 2 rings (SSSR count). The molecule has 1 N–H and O–H groups in total. The van der Waals surface area contributed by atoms with Crippen molar-refractivity contribution in [2.45, 2.75) is 0 Å². The number of nitro benzene ring substituents is 1. The SMILES string of the molecule is O=Cc1ccc(NC(=O)c2ccc(F)cc2[N+](=O)[O-])cc1. The molecule has 6 nitrogen and oxygen atoms in total. The molecule has 0 spiro atoms. The van der Waals surface area contributed by atoms with E-state index >= 15 is 0 Å². The van der Waals surface area contributed by atoms with Crippen molar-refractivity contribution in [2.24, 2.45) is 0 Å². The molecular weight excluding hydrogens is 279 g/mol. The fraction of sp³-hybridized carbons (Fsp3) is 0. The Morgan fingerprint density at radius 3 is 2.43 bits per heavy atom. The highest BCUT2D eigenvalue weighted by atomic mass is 19.1. The molecule has 0 atom stereocenters. The van der Waals surface area contributed by atoms with E-state index < -0.39 is 22.3 Å². The number of carbonyl (C=O) groups is 2. The van der Waals surface area contributed by atoms with Gasteiger partial charge in [0.2, 0.25) is 0 Å². The Morgan fingerprint density at radius 2 is 1.86 bits per heavy atom. The third-order valence-electron chi connectivity index (χ3n) is 2.71. The lowest BCUT2D eigenvalue weighted by Crippen LogP contribution is -2.14. The summed E-state index contributed by atoms with van der Waals surface area (Å²) in [5, 5.41) is 13.3. The summed E-state index contributed by atoms with van der Waals surface area (Å²) in [7, 11) is 0. The number of hydrogen-bond acceptors (Lipinski definition) is 4. The monoisotopic (exact) mass is 288 g/mol. The zero-order valence-electron chi connectivity index (χ0n) is 10.6. The Labute approximate surface area is 118 Å². The summed E-state index contributed by atoms with van der Waals surface area (Å²) >= 11 is 0. The molecule has 0 aromatic heterocycles. The smallest absolute Gasteiger partial charge is 0.285 e. The van der Waals surface area contributed by atoms with E-state index in [-0.39, 0.29) is 5.56 Å². The summed E-state index contributed by atoms with van der Waals surface area (Å²) < 4.78 is 13.0. The molecule has 106 valence electrons. The molecule has 0 heterocycles. The van der Waals surface area contributed by atoms with Crippen LogP contribution in [0.3, 0.4) is 0 Å². The minimum atomic E-state index is -0.826. The van der Waals surface area contributed by atoms with Gasteiger partial charge in [-0.1, -0.05) is 0 Å². The highest BCUT2D eigenvalue weighted by Gasteiger charge is 2.21. The average molecular weight is 288 g/mol. The Balaban J connectivity index is 2.27. The second-order valence-electron chi connectivity index (χ2n) is 4.11. The van der Waals surface area contributed by atoms with Gasteiger partial charge < -0.3 is 5.32 Å². The maximum Gasteiger partial charge on any atom is 0.285 e. The lowest BCUT2D eigenvalue weighted by atomic mass is 10.1. The highest BCUT2D eigenvalue weighted by Crippen LogP contribution is 2.21. The number of amides is 1. The largest absolute Gasteiger partial charge is 0.322 e. The van der Waals surface area contributed by atoms with E-state index in [0.717, 1.165) is 12.1 Å². The topological polar surface area (TPSA) is 89.3 Å². The molecule has 0 saturated heterocycles. The Hall–Kier alpha value is -3.09. The van der Waals surface area contributed by atoms with E-state index in [2.05, 4.69) is 5.32 Å². The number of halogens is 1. The zero-order chi connectivity index (χ0) is 15.4. The molecule has 0 aliphatic heterocycles. The summed E-state index contributed by atoms with van der Waals surface area (Å²) in [5.74, 6) is -1.53. The van der Waals surface area contributed by atoms with Crippen molar-refractivity contribution < 1.29 is 18.9 Å². The predicted molar refractivity (Wildman–Crippen MR) is 72.8 cm³/mol. The van der Waals surface area contributed by atoms with Crippen LogP contribution < -0.4 is 5.32 Å². The van der Waals surface area contributed by atoms with Crippen LogP contribution in [0.2, 0.25) is 0 Å². The van der Waals surface area contributed by atoms with Crippen molar-refractivity contribution in [1.29, 1.82) is 0 Å². The first-order chi connectivity index (χ1) is 10.0. The quantitative estimate of drug-likeness (QED) is 0.532. The molecule has 0 aliphatic carbocycles. The first-order valence-electron chi connectivity index (χ1n) is 5.82. The molecule has 21 heavy (non-hydrogen) atoms. The van der Waals surface area contributed by atoms with Crippen molar-refractivity contribution >= 4 is 23.6 Å². The minimum absolute atomic E-state index is 0.249. The molecule has 2 aromatic carbocycles. The summed E-state index contributed by atoms with van der Waals surface area (Å²) in [6.07, 6.45) is 0.649. The van der Waals surface area contributed by atoms with Crippen LogP contribution in [-0.2, 0) is 0 Å². The van der Waals surface area contributed by atoms with E-state index in [0.29, 0.717) is 23.6 Å². The number of nitro groups is 1. The van der Waals surface area contributed by atoms with Gasteiger partial charge in [-0.3, -0.25) is 19.7 Å². The van der Waals surface area contributed by atoms with Crippen LogP contribution in [0.25, 0.3) is 0 Å². The van der Waals surface area contributed by atoms with Gasteiger partial charge in [-0.25, -0.2) is 4.39 Å². The van der Waals surface area contributed by atoms with Crippen LogP contribution in [0.4, 0.5) is 15.8 Å². The van der Waals surface area contributed by atoms with Crippen LogP contribution in [0.1, 0.15) is 20.7 Å². The van der Waals surface area contributed by atoms with Crippen LogP contribution in [-0.4, -0.2) is 17.1 Å². The van der Waals surface area contributed by atoms with Gasteiger partial charge in [0.25, 0.3) is 11.6 Å². The molecule has 0 saturated carbocycles. The molecule has 0 aliphatic rings. The minimum Gasteiger partial charge on any atom is -0.322 e. The number of nitrogens with zero attached hydrogens (tertiary/aromatic N) is 1. The molecule has 0 bridgehead atoms. The number of anilines is 1. The van der Waals surface area contributed by atoms with Gasteiger partial charge in [-0.05, 0) is 36.4 Å². The summed E-state index contributed by atoms with van der Waals surface area (Å²) in [6, 6.07) is 8.64. The van der Waals surface area contributed by atoms with Crippen LogP contribution in [0, 0.1) is 15.9 Å². The van der Waals surface area contributed by atoms with Gasteiger partial charge in [0.05, 0.1) is 11.0 Å². The second kappa shape index (κ2) is 5.91. The van der Waals surface area contributed by atoms with Crippen molar-refractivity contribution in [3.05, 3.63) is 69.5 Å². The average Bonchev–Trinajstić information content (AvgIpc) is 2.47. The van der Waals surface area contributed by atoms with Gasteiger partial charge in [0.1, 0.15) is 17.7 Å². The maximum atomic E-state index is 13.0. The second-order valence-corrected chi connectivity index (χ2v) is 4.11. The fourth-order valence-corrected chi connectivity index (χ4v) is 1.69. The number of rotatable bonds is 4. The lowest BCUT2D eigenvalue weighted by Gasteiger charge is -2.06. The van der Waals surface area contributed by atoms with E-state index in [9.17, 15) is 24.1 Å². The summed E-state index contributed by atoms with van der Waals surface area (Å²) in [5.41, 5.74) is -0.0668. The first-order valence-corrected chi connectivity index (χ1v) is 5.82. The van der Waals surface area contributed by atoms with E-state index in [1.807, 2.05) is 0 Å². The summed E-state index contributed by atoms with van der Waals surface area (Å²) in [6.45, 7) is 0. The van der Waals surface area contributed by atoms with Crippen molar-refractivity contribution in [3.8, 4) is 0 Å². The molecule has 2 aromatic rings. The number of hydrogen-bond donors (Lipinski definition) is 1. The third-order valence-corrected chi connectivity index (χ3v) is 2.71. The Morgan fingerprint density at radius 1 is 1.19 bits per heavy atom. The van der Waals surface area contributed by atoms with Crippen molar-refractivity contribution in [3.63, 3.8) is 0 Å². The highest BCUT2D eigenvalue weighted by molar-refractivity contribution is 6.07. The molecule has 1 amide bonds. The number of nitrogens with one attached hydrogen (secondary N) is 1. The van der Waals surface area contributed by atoms with E-state index in [1.54, 1.807) is 0 Å². The molecule has 7 heteroatoms. The van der Waals surface area contributed by atoms with Crippen LogP contribution in [0.5, 0.6) is 0 Å². The van der Waals surface area contributed by atoms with Gasteiger partial charge in [0, 0.05) is 11.3 Å². The van der Waals surface area contributed by atoms with Gasteiger partial charge in [-0.15, -0.1) is 0 Å². The zero-order valence-corrected chi connectivity index (χ0v) is 10.6. The van der Waals surface area contributed by atoms with Gasteiger partial charge >= 0.3 is 0 Å². The number of carbonyl (C=O) groups excluding carboxylic acids is 2. The van der Waals surface area contributed by atoms with Gasteiger partial charge in [-0.2, -0.15) is 0 Å². The normalized spacial score (nSPS) is 9.95. The Bertz CT molecular complexity index is 713. The van der Waals surface area contributed by atoms with Crippen molar-refractivity contribution in [2.75, 3.05) is 5.32 Å². The van der Waals surface area contributed by atoms with E-state index in [4.69, 9.17) is 0 Å². The fourth-order valence-electron chi connectivity index (χ4n) is 1.69. The Kier molecular flexibility index (Phi) is 4.03. The summed E-state index contributed by atoms with van der Waals surface area (Å²) in [4.78, 5) is 32.5. The molecule has 0 unspecified atom stereocenters. The lowest BCUT2D eigenvalue weighted by molar-refractivity contribution is -0.385. The number of aldehydes is 1. The van der Waals surface area contributed by atoms with Crippen LogP contribution >= 0.6 is 0 Å². The predicted octanol–water partition coefficient (Wildman–Crippen LogP) is 2.80. The first kappa shape index (κ1) is 14.3. The standard InChI is InChI=1S/C14H9FN2O4/c15-10-3-6-12(13(7-10)17(20)21)14(19)16-11-4-1-9(8-18)2-5-11/h1-8H,(H,16,19). The van der Waals surface area contributed by atoms with Gasteiger partial charge in [0.15, 0.2) is 0 Å². The molecular formula is C14H9FN2O4. The maximum absolute atomic E-state index is 13.0. The van der Waals surface area contributed by atoms with Crippen molar-refractivity contribution in [1.82, 2.24) is 0 Å². The molecule has 0 fully saturated rings.